The van der Waals surface area contributed by atoms with Crippen molar-refractivity contribution in [3.05, 3.63) is 17.8 Å². The maximum absolute atomic E-state index is 14.2. The molecule has 1 aliphatic rings. The van der Waals surface area contributed by atoms with Crippen molar-refractivity contribution in [2.45, 2.75) is 26.7 Å². The third-order valence-electron chi connectivity index (χ3n) is 3.49. The number of nitrogens with zero attached hydrogens (tertiary/aromatic N) is 3. The molecule has 2 atom stereocenters. The van der Waals surface area contributed by atoms with E-state index in [1.165, 1.54) is 6.33 Å². The van der Waals surface area contributed by atoms with Crippen molar-refractivity contribution in [1.29, 1.82) is 0 Å². The van der Waals surface area contributed by atoms with Gasteiger partial charge in [0.05, 0.1) is 11.6 Å². The number of carboxylic acid groups (broad SMARTS) is 1. The van der Waals surface area contributed by atoms with E-state index in [-0.39, 0.29) is 11.7 Å². The van der Waals surface area contributed by atoms with Gasteiger partial charge in [-0.2, -0.15) is 0 Å². The van der Waals surface area contributed by atoms with Gasteiger partial charge in [0.15, 0.2) is 11.6 Å². The Hall–Kier alpha value is -1.72. The van der Waals surface area contributed by atoms with Crippen molar-refractivity contribution >= 4 is 11.8 Å². The van der Waals surface area contributed by atoms with E-state index in [9.17, 15) is 9.18 Å². The molecule has 1 aromatic rings. The molecule has 2 rings (SSSR count). The SMILES string of the molecule is CCc1ncnc(N2CC(C)CC(C(=O)O)C2)c1F. The molecule has 1 saturated heterocycles. The summed E-state index contributed by atoms with van der Waals surface area (Å²) in [4.78, 5) is 20.7. The van der Waals surface area contributed by atoms with E-state index in [0.29, 0.717) is 31.6 Å². The highest BCUT2D eigenvalue weighted by molar-refractivity contribution is 5.71. The van der Waals surface area contributed by atoms with Crippen molar-refractivity contribution in [3.63, 3.8) is 0 Å². The molecule has 0 bridgehead atoms. The third kappa shape index (κ3) is 2.83. The average molecular weight is 267 g/mol. The first-order valence-corrected chi connectivity index (χ1v) is 6.50. The predicted octanol–water partition coefficient (Wildman–Crippen LogP) is 1.73. The van der Waals surface area contributed by atoms with Gasteiger partial charge in [-0.25, -0.2) is 14.4 Å². The molecule has 2 unspecified atom stereocenters. The van der Waals surface area contributed by atoms with Crippen LogP contribution in [0.2, 0.25) is 0 Å². The third-order valence-corrected chi connectivity index (χ3v) is 3.49. The number of anilines is 1. The number of halogens is 1. The summed E-state index contributed by atoms with van der Waals surface area (Å²) in [6.45, 7) is 4.73. The highest BCUT2D eigenvalue weighted by Crippen LogP contribution is 2.27. The van der Waals surface area contributed by atoms with Gasteiger partial charge in [-0.1, -0.05) is 13.8 Å². The van der Waals surface area contributed by atoms with Crippen molar-refractivity contribution in [2.75, 3.05) is 18.0 Å². The molecule has 0 amide bonds. The van der Waals surface area contributed by atoms with Crippen LogP contribution in [0, 0.1) is 17.7 Å². The van der Waals surface area contributed by atoms with Crippen molar-refractivity contribution in [2.24, 2.45) is 11.8 Å². The lowest BCUT2D eigenvalue weighted by atomic mass is 9.90. The highest BCUT2D eigenvalue weighted by atomic mass is 19.1. The smallest absolute Gasteiger partial charge is 0.308 e. The Morgan fingerprint density at radius 2 is 2.26 bits per heavy atom. The maximum atomic E-state index is 14.2. The molecular formula is C13H18FN3O2. The summed E-state index contributed by atoms with van der Waals surface area (Å²) in [5.41, 5.74) is 0.370. The Morgan fingerprint density at radius 1 is 1.53 bits per heavy atom. The van der Waals surface area contributed by atoms with E-state index in [1.54, 1.807) is 4.90 Å². The van der Waals surface area contributed by atoms with Crippen LogP contribution in [-0.2, 0) is 11.2 Å². The van der Waals surface area contributed by atoms with Gasteiger partial charge < -0.3 is 10.0 Å². The molecule has 0 aromatic carbocycles. The predicted molar refractivity (Wildman–Crippen MR) is 68.5 cm³/mol. The van der Waals surface area contributed by atoms with Gasteiger partial charge in [-0.15, -0.1) is 0 Å². The van der Waals surface area contributed by atoms with Crippen molar-refractivity contribution < 1.29 is 14.3 Å². The Kier molecular flexibility index (Phi) is 3.97. The minimum atomic E-state index is -0.832. The second-order valence-corrected chi connectivity index (χ2v) is 5.09. The Balaban J connectivity index is 2.28. The fraction of sp³-hybridized carbons (Fsp3) is 0.615. The molecule has 2 heterocycles. The van der Waals surface area contributed by atoms with E-state index >= 15 is 0 Å². The molecule has 19 heavy (non-hydrogen) atoms. The molecule has 0 aliphatic carbocycles. The van der Waals surface area contributed by atoms with Crippen molar-refractivity contribution in [1.82, 2.24) is 9.97 Å². The van der Waals surface area contributed by atoms with Crippen LogP contribution in [0.25, 0.3) is 0 Å². The monoisotopic (exact) mass is 267 g/mol. The largest absolute Gasteiger partial charge is 0.481 e. The zero-order valence-electron chi connectivity index (χ0n) is 11.1. The summed E-state index contributed by atoms with van der Waals surface area (Å²) in [7, 11) is 0. The standard InChI is InChI=1S/C13H18FN3O2/c1-3-10-11(14)12(16-7-15-10)17-5-8(2)4-9(6-17)13(18)19/h7-9H,3-6H2,1-2H3,(H,18,19). The van der Waals surface area contributed by atoms with Crippen LogP contribution < -0.4 is 4.90 Å². The number of aromatic nitrogens is 2. The van der Waals surface area contributed by atoms with Gasteiger partial charge in [0.25, 0.3) is 0 Å². The van der Waals surface area contributed by atoms with Crippen LogP contribution in [0.1, 0.15) is 26.0 Å². The molecule has 6 heteroatoms. The van der Waals surface area contributed by atoms with E-state index in [2.05, 4.69) is 9.97 Å². The van der Waals surface area contributed by atoms with Crippen molar-refractivity contribution in [3.8, 4) is 0 Å². The molecule has 1 N–H and O–H groups in total. The van der Waals surface area contributed by atoms with Crippen LogP contribution in [0.5, 0.6) is 0 Å². The van der Waals surface area contributed by atoms with Gasteiger partial charge in [-0.05, 0) is 18.8 Å². The van der Waals surface area contributed by atoms with Crippen LogP contribution in [0.15, 0.2) is 6.33 Å². The zero-order valence-corrected chi connectivity index (χ0v) is 11.1. The van der Waals surface area contributed by atoms with Crippen LogP contribution in [-0.4, -0.2) is 34.1 Å². The summed E-state index contributed by atoms with van der Waals surface area (Å²) in [5.74, 6) is -1.30. The summed E-state index contributed by atoms with van der Waals surface area (Å²) in [6.07, 6.45) is 2.46. The Bertz CT molecular complexity index is 481. The summed E-state index contributed by atoms with van der Waals surface area (Å²) in [5, 5.41) is 9.14. The molecule has 0 spiro atoms. The van der Waals surface area contributed by atoms with E-state index in [0.717, 1.165) is 0 Å². The number of piperidine rings is 1. The summed E-state index contributed by atoms with van der Waals surface area (Å²) in [6, 6.07) is 0. The van der Waals surface area contributed by atoms with Gasteiger partial charge in [-0.3, -0.25) is 4.79 Å². The van der Waals surface area contributed by atoms with E-state index in [4.69, 9.17) is 5.11 Å². The zero-order chi connectivity index (χ0) is 14.0. The van der Waals surface area contributed by atoms with Crippen LogP contribution in [0.4, 0.5) is 10.2 Å². The second kappa shape index (κ2) is 5.50. The van der Waals surface area contributed by atoms with Gasteiger partial charge in [0.2, 0.25) is 0 Å². The molecule has 5 nitrogen and oxygen atoms in total. The average Bonchev–Trinajstić information content (AvgIpc) is 2.38. The first kappa shape index (κ1) is 13.7. The molecule has 1 aliphatic heterocycles. The number of hydrogen-bond acceptors (Lipinski definition) is 4. The number of carboxylic acids is 1. The molecule has 0 radical (unpaired) electrons. The summed E-state index contributed by atoms with van der Waals surface area (Å²) < 4.78 is 14.2. The molecule has 104 valence electrons. The number of hydrogen-bond donors (Lipinski definition) is 1. The Labute approximate surface area is 111 Å². The maximum Gasteiger partial charge on any atom is 0.308 e. The lowest BCUT2D eigenvalue weighted by Crippen LogP contribution is -2.43. The van der Waals surface area contributed by atoms with Gasteiger partial charge in [0, 0.05) is 13.1 Å². The Morgan fingerprint density at radius 3 is 2.89 bits per heavy atom. The molecule has 0 saturated carbocycles. The second-order valence-electron chi connectivity index (χ2n) is 5.09. The quantitative estimate of drug-likeness (QED) is 0.903. The fourth-order valence-electron chi connectivity index (χ4n) is 2.57. The van der Waals surface area contributed by atoms with E-state index in [1.807, 2.05) is 13.8 Å². The van der Waals surface area contributed by atoms with E-state index < -0.39 is 17.7 Å². The first-order chi connectivity index (χ1) is 9.02. The number of aryl methyl sites for hydroxylation is 1. The van der Waals surface area contributed by atoms with Crippen LogP contribution >= 0.6 is 0 Å². The molecular weight excluding hydrogens is 249 g/mol. The van der Waals surface area contributed by atoms with Gasteiger partial charge in [0.1, 0.15) is 6.33 Å². The van der Waals surface area contributed by atoms with Crippen LogP contribution in [0.3, 0.4) is 0 Å². The normalized spacial score (nSPS) is 23.4. The number of carbonyl (C=O) groups is 1. The fourth-order valence-corrected chi connectivity index (χ4v) is 2.57. The minimum absolute atomic E-state index is 0.203. The molecule has 1 fully saturated rings. The lowest BCUT2D eigenvalue weighted by molar-refractivity contribution is -0.142. The minimum Gasteiger partial charge on any atom is -0.481 e. The first-order valence-electron chi connectivity index (χ1n) is 6.50. The highest BCUT2D eigenvalue weighted by Gasteiger charge is 2.31. The molecule has 1 aromatic heterocycles. The topological polar surface area (TPSA) is 66.3 Å². The summed E-state index contributed by atoms with van der Waals surface area (Å²) >= 11 is 0. The number of rotatable bonds is 3. The number of aliphatic carboxylic acids is 1. The van der Waals surface area contributed by atoms with Gasteiger partial charge >= 0.3 is 5.97 Å². The lowest BCUT2D eigenvalue weighted by Gasteiger charge is -2.35.